The second kappa shape index (κ2) is 5.80. The molecule has 1 aliphatic heterocycles. The van der Waals surface area contributed by atoms with Crippen molar-refractivity contribution in [1.29, 1.82) is 0 Å². The average molecular weight is 285 g/mol. The molecule has 0 aromatic heterocycles. The summed E-state index contributed by atoms with van der Waals surface area (Å²) in [6, 6.07) is 14.6. The van der Waals surface area contributed by atoms with Crippen LogP contribution in [0.3, 0.4) is 0 Å². The summed E-state index contributed by atoms with van der Waals surface area (Å²) in [6.45, 7) is 2.87. The van der Waals surface area contributed by atoms with E-state index in [0.29, 0.717) is 5.92 Å². The van der Waals surface area contributed by atoms with Gasteiger partial charge in [0, 0.05) is 22.3 Å². The average Bonchev–Trinajstić information content (AvgIpc) is 2.49. The third-order valence-electron chi connectivity index (χ3n) is 3.81. The lowest BCUT2D eigenvalue weighted by Gasteiger charge is -2.25. The van der Waals surface area contributed by atoms with Gasteiger partial charge < -0.3 is 10.5 Å². The molecule has 104 valence electrons. The van der Waals surface area contributed by atoms with Crippen molar-refractivity contribution in [3.63, 3.8) is 0 Å². The number of rotatable bonds is 3. The molecule has 0 bridgehead atoms. The van der Waals surface area contributed by atoms with E-state index in [9.17, 15) is 0 Å². The number of hydrogen-bond donors (Lipinski definition) is 1. The highest BCUT2D eigenvalue weighted by molar-refractivity contribution is 7.99. The molecule has 3 heteroatoms. The number of ether oxygens (including phenoxy) is 1. The van der Waals surface area contributed by atoms with Gasteiger partial charge in [0.05, 0.1) is 6.61 Å². The van der Waals surface area contributed by atoms with Gasteiger partial charge in [0.2, 0.25) is 0 Å². The number of hydrogen-bond acceptors (Lipinski definition) is 3. The van der Waals surface area contributed by atoms with E-state index in [4.69, 9.17) is 10.5 Å². The van der Waals surface area contributed by atoms with Crippen LogP contribution >= 0.6 is 11.8 Å². The Morgan fingerprint density at radius 2 is 2.05 bits per heavy atom. The number of thioether (sulfide) groups is 1. The molecule has 1 aliphatic rings. The molecule has 0 spiro atoms. The van der Waals surface area contributed by atoms with Crippen molar-refractivity contribution < 1.29 is 4.74 Å². The first-order valence-corrected chi connectivity index (χ1v) is 7.94. The number of anilines is 1. The van der Waals surface area contributed by atoms with Gasteiger partial charge in [-0.25, -0.2) is 0 Å². The van der Waals surface area contributed by atoms with E-state index in [2.05, 4.69) is 43.3 Å². The second-order valence-corrected chi connectivity index (χ2v) is 6.23. The van der Waals surface area contributed by atoms with Crippen LogP contribution < -0.4 is 10.5 Å². The van der Waals surface area contributed by atoms with Crippen LogP contribution in [0.4, 0.5) is 5.69 Å². The lowest BCUT2D eigenvalue weighted by atomic mass is 9.95. The second-order valence-electron chi connectivity index (χ2n) is 5.17. The molecule has 2 nitrogen and oxygen atoms in total. The zero-order chi connectivity index (χ0) is 13.9. The molecule has 1 heterocycles. The van der Waals surface area contributed by atoms with Crippen LogP contribution in [0.15, 0.2) is 47.4 Å². The lowest BCUT2D eigenvalue weighted by molar-refractivity contribution is 0.273. The van der Waals surface area contributed by atoms with Crippen molar-refractivity contribution >= 4 is 17.4 Å². The molecule has 2 aromatic rings. The molecular weight excluding hydrogens is 266 g/mol. The first kappa shape index (κ1) is 13.4. The first-order chi connectivity index (χ1) is 9.75. The lowest BCUT2D eigenvalue weighted by Crippen LogP contribution is -2.15. The van der Waals surface area contributed by atoms with E-state index in [1.807, 2.05) is 17.8 Å². The SMILES string of the molecule is Cc1cccc(SCC2CCOc3ccccc32)c1N. The quantitative estimate of drug-likeness (QED) is 0.677. The Bertz CT molecular complexity index is 612. The molecule has 0 aliphatic carbocycles. The summed E-state index contributed by atoms with van der Waals surface area (Å²) in [4.78, 5) is 1.19. The summed E-state index contributed by atoms with van der Waals surface area (Å²) in [7, 11) is 0. The van der Waals surface area contributed by atoms with Crippen LogP contribution in [-0.2, 0) is 0 Å². The van der Waals surface area contributed by atoms with Crippen molar-refractivity contribution in [1.82, 2.24) is 0 Å². The molecule has 1 atom stereocenters. The maximum atomic E-state index is 6.15. The molecule has 2 aromatic carbocycles. The minimum absolute atomic E-state index is 0.546. The monoisotopic (exact) mass is 285 g/mol. The highest BCUT2D eigenvalue weighted by atomic mass is 32.2. The van der Waals surface area contributed by atoms with Crippen LogP contribution in [0.2, 0.25) is 0 Å². The van der Waals surface area contributed by atoms with Gasteiger partial charge >= 0.3 is 0 Å². The number of aryl methyl sites for hydroxylation is 1. The number of fused-ring (bicyclic) bond motifs is 1. The van der Waals surface area contributed by atoms with Crippen LogP contribution in [0.1, 0.15) is 23.5 Å². The summed E-state index contributed by atoms with van der Waals surface area (Å²) < 4.78 is 5.71. The maximum absolute atomic E-state index is 6.15. The summed E-state index contributed by atoms with van der Waals surface area (Å²) in [5.74, 6) is 2.64. The largest absolute Gasteiger partial charge is 0.493 e. The molecule has 2 N–H and O–H groups in total. The van der Waals surface area contributed by atoms with Crippen molar-refractivity contribution in [2.75, 3.05) is 18.1 Å². The molecular formula is C17H19NOS. The summed E-state index contributed by atoms with van der Waals surface area (Å²) >= 11 is 1.85. The molecule has 3 rings (SSSR count). The number of para-hydroxylation sites is 2. The van der Waals surface area contributed by atoms with Gasteiger partial charge in [-0.1, -0.05) is 30.3 Å². The van der Waals surface area contributed by atoms with Gasteiger partial charge in [0.1, 0.15) is 5.75 Å². The molecule has 1 unspecified atom stereocenters. The Morgan fingerprint density at radius 1 is 1.20 bits per heavy atom. The predicted octanol–water partition coefficient (Wildman–Crippen LogP) is 4.24. The number of benzene rings is 2. The molecule has 0 saturated carbocycles. The van der Waals surface area contributed by atoms with Crippen molar-refractivity contribution in [3.05, 3.63) is 53.6 Å². The Labute approximate surface area is 124 Å². The third kappa shape index (κ3) is 2.63. The number of nitrogens with two attached hydrogens (primary N) is 1. The maximum Gasteiger partial charge on any atom is 0.122 e. The molecule has 0 fully saturated rings. The topological polar surface area (TPSA) is 35.2 Å². The Hall–Kier alpha value is -1.61. The van der Waals surface area contributed by atoms with E-state index in [-0.39, 0.29) is 0 Å². The molecule has 0 saturated heterocycles. The Balaban J connectivity index is 1.75. The highest BCUT2D eigenvalue weighted by Gasteiger charge is 2.21. The van der Waals surface area contributed by atoms with Crippen LogP contribution in [-0.4, -0.2) is 12.4 Å². The van der Waals surface area contributed by atoms with Crippen molar-refractivity contribution in [2.24, 2.45) is 0 Å². The van der Waals surface area contributed by atoms with E-state index in [0.717, 1.165) is 35.8 Å². The predicted molar refractivity (Wildman–Crippen MR) is 85.6 cm³/mol. The van der Waals surface area contributed by atoms with Crippen molar-refractivity contribution in [2.45, 2.75) is 24.2 Å². The third-order valence-corrected chi connectivity index (χ3v) is 5.04. The zero-order valence-electron chi connectivity index (χ0n) is 11.6. The summed E-state index contributed by atoms with van der Waals surface area (Å²) in [5.41, 5.74) is 9.55. The highest BCUT2D eigenvalue weighted by Crippen LogP contribution is 2.38. The molecule has 0 amide bonds. The molecule has 0 radical (unpaired) electrons. The van der Waals surface area contributed by atoms with Gasteiger partial charge in [0.15, 0.2) is 0 Å². The summed E-state index contributed by atoms with van der Waals surface area (Å²) in [5, 5.41) is 0. The Kier molecular flexibility index (Phi) is 3.88. The van der Waals surface area contributed by atoms with Gasteiger partial charge in [-0.2, -0.15) is 0 Å². The standard InChI is InChI=1S/C17H19NOS/c1-12-5-4-8-16(17(12)18)20-11-13-9-10-19-15-7-3-2-6-14(13)15/h2-8,13H,9-11,18H2,1H3. The fraction of sp³-hybridized carbons (Fsp3) is 0.294. The normalized spacial score (nSPS) is 17.4. The zero-order valence-corrected chi connectivity index (χ0v) is 12.5. The van der Waals surface area contributed by atoms with Crippen molar-refractivity contribution in [3.8, 4) is 5.75 Å². The minimum Gasteiger partial charge on any atom is -0.493 e. The van der Waals surface area contributed by atoms with E-state index >= 15 is 0 Å². The van der Waals surface area contributed by atoms with Gasteiger partial charge in [0.25, 0.3) is 0 Å². The van der Waals surface area contributed by atoms with Gasteiger partial charge in [-0.05, 0) is 36.6 Å². The molecule has 20 heavy (non-hydrogen) atoms. The number of nitrogen functional groups attached to an aromatic ring is 1. The van der Waals surface area contributed by atoms with Crippen LogP contribution in [0.5, 0.6) is 5.75 Å². The fourth-order valence-electron chi connectivity index (χ4n) is 2.56. The smallest absolute Gasteiger partial charge is 0.122 e. The fourth-order valence-corrected chi connectivity index (χ4v) is 3.78. The minimum atomic E-state index is 0.546. The first-order valence-electron chi connectivity index (χ1n) is 6.95. The Morgan fingerprint density at radius 3 is 2.95 bits per heavy atom. The van der Waals surface area contributed by atoms with E-state index in [1.54, 1.807) is 0 Å². The van der Waals surface area contributed by atoms with E-state index < -0.39 is 0 Å². The van der Waals surface area contributed by atoms with Crippen LogP contribution in [0.25, 0.3) is 0 Å². The van der Waals surface area contributed by atoms with Gasteiger partial charge in [-0.3, -0.25) is 0 Å². The van der Waals surface area contributed by atoms with Gasteiger partial charge in [-0.15, -0.1) is 11.8 Å². The summed E-state index contributed by atoms with van der Waals surface area (Å²) in [6.07, 6.45) is 1.08. The van der Waals surface area contributed by atoms with E-state index in [1.165, 1.54) is 10.5 Å². The van der Waals surface area contributed by atoms with Crippen LogP contribution in [0, 0.1) is 6.92 Å².